The van der Waals surface area contributed by atoms with Crippen LogP contribution in [0.4, 0.5) is 0 Å². The molecular formula is C12H10BrNO2. The fourth-order valence-corrected chi connectivity index (χ4v) is 1.67. The van der Waals surface area contributed by atoms with Crippen molar-refractivity contribution in [3.8, 4) is 5.75 Å². The number of esters is 1. The van der Waals surface area contributed by atoms with Crippen LogP contribution in [0, 0.1) is 6.92 Å². The standard InChI is InChI=1S/C12H10BrNO2/c1-8-6-10(14-7-8)12(15)16-11-5-3-2-4-9(11)13/h2-7,14H,1H3. The summed E-state index contributed by atoms with van der Waals surface area (Å²) in [4.78, 5) is 14.6. The molecule has 0 unspecified atom stereocenters. The Kier molecular flexibility index (Phi) is 3.10. The zero-order chi connectivity index (χ0) is 11.5. The van der Waals surface area contributed by atoms with Crippen LogP contribution in [0.2, 0.25) is 0 Å². The lowest BCUT2D eigenvalue weighted by atomic mass is 10.3. The quantitative estimate of drug-likeness (QED) is 0.677. The summed E-state index contributed by atoms with van der Waals surface area (Å²) in [5.41, 5.74) is 1.45. The molecule has 0 atom stereocenters. The number of aryl methyl sites for hydroxylation is 1. The first kappa shape index (κ1) is 11.0. The van der Waals surface area contributed by atoms with Gasteiger partial charge in [-0.2, -0.15) is 0 Å². The Morgan fingerprint density at radius 3 is 2.75 bits per heavy atom. The second-order valence-corrected chi connectivity index (χ2v) is 4.26. The number of aromatic amines is 1. The molecular weight excluding hydrogens is 270 g/mol. The fraction of sp³-hybridized carbons (Fsp3) is 0.0833. The third-order valence-corrected chi connectivity index (χ3v) is 2.74. The predicted molar refractivity (Wildman–Crippen MR) is 64.6 cm³/mol. The molecule has 16 heavy (non-hydrogen) atoms. The summed E-state index contributed by atoms with van der Waals surface area (Å²) >= 11 is 3.32. The first-order valence-electron chi connectivity index (χ1n) is 4.78. The number of halogens is 1. The molecule has 0 radical (unpaired) electrons. The Hall–Kier alpha value is -1.55. The molecule has 0 aliphatic carbocycles. The van der Waals surface area contributed by atoms with Gasteiger partial charge in [-0.15, -0.1) is 0 Å². The summed E-state index contributed by atoms with van der Waals surface area (Å²) < 4.78 is 5.98. The van der Waals surface area contributed by atoms with Crippen LogP contribution in [0.5, 0.6) is 5.75 Å². The van der Waals surface area contributed by atoms with Gasteiger partial charge in [0.25, 0.3) is 0 Å². The lowest BCUT2D eigenvalue weighted by Gasteiger charge is -2.04. The van der Waals surface area contributed by atoms with Crippen molar-refractivity contribution in [3.63, 3.8) is 0 Å². The summed E-state index contributed by atoms with van der Waals surface area (Å²) in [6, 6.07) is 8.98. The van der Waals surface area contributed by atoms with E-state index in [1.165, 1.54) is 0 Å². The molecule has 1 N–H and O–H groups in total. The SMILES string of the molecule is Cc1c[nH]c(C(=O)Oc2ccccc2Br)c1. The summed E-state index contributed by atoms with van der Waals surface area (Å²) in [5, 5.41) is 0. The number of carbonyl (C=O) groups is 1. The minimum atomic E-state index is -0.389. The molecule has 0 bridgehead atoms. The molecule has 0 saturated heterocycles. The van der Waals surface area contributed by atoms with E-state index in [1.807, 2.05) is 25.1 Å². The number of benzene rings is 1. The number of hydrogen-bond donors (Lipinski definition) is 1. The maximum atomic E-state index is 11.7. The Bertz CT molecular complexity index is 519. The molecule has 2 rings (SSSR count). The summed E-state index contributed by atoms with van der Waals surface area (Å²) in [6.07, 6.45) is 1.76. The Morgan fingerprint density at radius 1 is 1.38 bits per heavy atom. The summed E-state index contributed by atoms with van der Waals surface area (Å²) in [6.45, 7) is 1.91. The lowest BCUT2D eigenvalue weighted by molar-refractivity contribution is 0.0728. The molecule has 3 nitrogen and oxygen atoms in total. The van der Waals surface area contributed by atoms with Gasteiger partial charge in [-0.25, -0.2) is 4.79 Å². The third kappa shape index (κ3) is 2.33. The van der Waals surface area contributed by atoms with Crippen LogP contribution in [0.25, 0.3) is 0 Å². The Morgan fingerprint density at radius 2 is 2.12 bits per heavy atom. The summed E-state index contributed by atoms with van der Waals surface area (Å²) in [7, 11) is 0. The third-order valence-electron chi connectivity index (χ3n) is 2.09. The Labute approximate surface area is 102 Å². The topological polar surface area (TPSA) is 42.1 Å². The zero-order valence-electron chi connectivity index (χ0n) is 8.66. The molecule has 0 fully saturated rings. The van der Waals surface area contributed by atoms with Gasteiger partial charge < -0.3 is 9.72 Å². The smallest absolute Gasteiger partial charge is 0.360 e. The predicted octanol–water partition coefficient (Wildman–Crippen LogP) is 3.30. The van der Waals surface area contributed by atoms with Crippen molar-refractivity contribution in [1.29, 1.82) is 0 Å². The van der Waals surface area contributed by atoms with Crippen LogP contribution in [0.15, 0.2) is 41.0 Å². The number of rotatable bonds is 2. The average molecular weight is 280 g/mol. The van der Waals surface area contributed by atoms with Gasteiger partial charge in [-0.1, -0.05) is 12.1 Å². The van der Waals surface area contributed by atoms with Crippen molar-refractivity contribution in [2.24, 2.45) is 0 Å². The largest absolute Gasteiger partial charge is 0.421 e. The van der Waals surface area contributed by atoms with E-state index in [-0.39, 0.29) is 5.97 Å². The van der Waals surface area contributed by atoms with Crippen LogP contribution in [-0.4, -0.2) is 11.0 Å². The van der Waals surface area contributed by atoms with Gasteiger partial charge in [0, 0.05) is 6.20 Å². The molecule has 0 aliphatic rings. The van der Waals surface area contributed by atoms with Gasteiger partial charge in [-0.05, 0) is 46.6 Å². The van der Waals surface area contributed by atoms with E-state index in [0.29, 0.717) is 11.4 Å². The minimum absolute atomic E-state index is 0.389. The lowest BCUT2D eigenvalue weighted by Crippen LogP contribution is -2.08. The second-order valence-electron chi connectivity index (χ2n) is 3.41. The molecule has 0 aliphatic heterocycles. The van der Waals surface area contributed by atoms with E-state index in [2.05, 4.69) is 20.9 Å². The van der Waals surface area contributed by atoms with Crippen LogP contribution < -0.4 is 4.74 Å². The van der Waals surface area contributed by atoms with E-state index < -0.39 is 0 Å². The Balaban J connectivity index is 2.17. The van der Waals surface area contributed by atoms with Gasteiger partial charge in [0.05, 0.1) is 4.47 Å². The van der Waals surface area contributed by atoms with E-state index >= 15 is 0 Å². The highest BCUT2D eigenvalue weighted by Gasteiger charge is 2.11. The molecule has 2 aromatic rings. The monoisotopic (exact) mass is 279 g/mol. The molecule has 1 aromatic carbocycles. The fourth-order valence-electron chi connectivity index (χ4n) is 1.30. The number of ether oxygens (including phenoxy) is 1. The highest BCUT2D eigenvalue weighted by Crippen LogP contribution is 2.24. The highest BCUT2D eigenvalue weighted by molar-refractivity contribution is 9.10. The van der Waals surface area contributed by atoms with Crippen molar-refractivity contribution in [1.82, 2.24) is 4.98 Å². The van der Waals surface area contributed by atoms with E-state index in [0.717, 1.165) is 10.0 Å². The van der Waals surface area contributed by atoms with Crippen LogP contribution in [0.3, 0.4) is 0 Å². The number of H-pyrrole nitrogens is 1. The van der Waals surface area contributed by atoms with Crippen molar-refractivity contribution < 1.29 is 9.53 Å². The average Bonchev–Trinajstić information content (AvgIpc) is 2.68. The normalized spacial score (nSPS) is 10.1. The van der Waals surface area contributed by atoms with Crippen LogP contribution in [0.1, 0.15) is 16.1 Å². The molecule has 82 valence electrons. The minimum Gasteiger partial charge on any atom is -0.421 e. The van der Waals surface area contributed by atoms with Crippen molar-refractivity contribution in [2.75, 3.05) is 0 Å². The first-order chi connectivity index (χ1) is 7.66. The van der Waals surface area contributed by atoms with Crippen LogP contribution >= 0.6 is 15.9 Å². The number of para-hydroxylation sites is 1. The molecule has 1 aromatic heterocycles. The van der Waals surface area contributed by atoms with E-state index in [9.17, 15) is 4.79 Å². The summed E-state index contributed by atoms with van der Waals surface area (Å²) in [5.74, 6) is 0.125. The molecule has 0 amide bonds. The zero-order valence-corrected chi connectivity index (χ0v) is 10.2. The number of hydrogen-bond acceptors (Lipinski definition) is 2. The van der Waals surface area contributed by atoms with E-state index in [1.54, 1.807) is 18.3 Å². The van der Waals surface area contributed by atoms with Crippen molar-refractivity contribution in [2.45, 2.75) is 6.92 Å². The van der Waals surface area contributed by atoms with E-state index in [4.69, 9.17) is 4.74 Å². The van der Waals surface area contributed by atoms with Gasteiger partial charge in [0.2, 0.25) is 0 Å². The maximum absolute atomic E-state index is 11.7. The van der Waals surface area contributed by atoms with Crippen LogP contribution in [-0.2, 0) is 0 Å². The number of nitrogens with one attached hydrogen (secondary N) is 1. The molecule has 0 spiro atoms. The van der Waals surface area contributed by atoms with Crippen molar-refractivity contribution in [3.05, 3.63) is 52.3 Å². The number of aromatic nitrogens is 1. The second kappa shape index (κ2) is 4.53. The van der Waals surface area contributed by atoms with Gasteiger partial charge in [-0.3, -0.25) is 0 Å². The molecule has 0 saturated carbocycles. The van der Waals surface area contributed by atoms with Crippen molar-refractivity contribution >= 4 is 21.9 Å². The van der Waals surface area contributed by atoms with Gasteiger partial charge in [0.15, 0.2) is 0 Å². The van der Waals surface area contributed by atoms with Gasteiger partial charge >= 0.3 is 5.97 Å². The first-order valence-corrected chi connectivity index (χ1v) is 5.58. The van der Waals surface area contributed by atoms with Gasteiger partial charge in [0.1, 0.15) is 11.4 Å². The number of carbonyl (C=O) groups excluding carboxylic acids is 1. The molecule has 1 heterocycles. The highest BCUT2D eigenvalue weighted by atomic mass is 79.9. The maximum Gasteiger partial charge on any atom is 0.360 e. The molecule has 4 heteroatoms.